The van der Waals surface area contributed by atoms with Crippen molar-refractivity contribution >= 4 is 17.5 Å². The summed E-state index contributed by atoms with van der Waals surface area (Å²) >= 11 is 6.00. The molecule has 6 nitrogen and oxygen atoms in total. The number of rotatable bonds is 4. The molecule has 1 amide bonds. The average Bonchev–Trinajstić information content (AvgIpc) is 3.62. The number of carbonyl (C=O) groups is 1. The van der Waals surface area contributed by atoms with Crippen LogP contribution in [0.5, 0.6) is 0 Å². The first kappa shape index (κ1) is 21.7. The molecule has 3 aromatic rings. The van der Waals surface area contributed by atoms with E-state index in [4.69, 9.17) is 16.6 Å². The number of fused-ring (bicyclic) bond motifs is 1. The van der Waals surface area contributed by atoms with Gasteiger partial charge in [0.15, 0.2) is 17.7 Å². The molecular formula is C24H20ClF2N3O3. The summed E-state index contributed by atoms with van der Waals surface area (Å²) < 4.78 is 27.5. The summed E-state index contributed by atoms with van der Waals surface area (Å²) in [6.07, 6.45) is 0.152. The standard InChI is InChI=1S/C24H20ClF2N3O3/c25-14-6-4-13(5-7-14)24(9-10-24)23-28-18-8-11-30(12-16(18)21(32)29-23)22(33)20(31)15-2-1-3-17(26)19(15)27/h1-7,20,31H,8-12H2,(H,28,29,32). The summed E-state index contributed by atoms with van der Waals surface area (Å²) in [5.74, 6) is -2.62. The van der Waals surface area contributed by atoms with Crippen molar-refractivity contribution in [3.05, 3.63) is 97.7 Å². The lowest BCUT2D eigenvalue weighted by Gasteiger charge is -2.30. The first-order valence-corrected chi connectivity index (χ1v) is 11.0. The normalized spacial score (nSPS) is 17.4. The van der Waals surface area contributed by atoms with E-state index in [1.807, 2.05) is 24.3 Å². The van der Waals surface area contributed by atoms with Gasteiger partial charge in [-0.3, -0.25) is 9.59 Å². The van der Waals surface area contributed by atoms with Gasteiger partial charge in [-0.1, -0.05) is 35.9 Å². The van der Waals surface area contributed by atoms with Gasteiger partial charge in [-0.05, 0) is 36.6 Å². The van der Waals surface area contributed by atoms with E-state index in [2.05, 4.69) is 4.98 Å². The van der Waals surface area contributed by atoms with E-state index in [9.17, 15) is 23.5 Å². The average molecular weight is 472 g/mol. The minimum absolute atomic E-state index is 0.0707. The van der Waals surface area contributed by atoms with Gasteiger partial charge in [-0.2, -0.15) is 0 Å². The molecule has 2 aromatic carbocycles. The molecule has 9 heteroatoms. The number of amides is 1. The number of carbonyl (C=O) groups excluding carboxylic acids is 1. The van der Waals surface area contributed by atoms with Gasteiger partial charge in [0.1, 0.15) is 5.82 Å². The zero-order valence-corrected chi connectivity index (χ0v) is 18.2. The quantitative estimate of drug-likeness (QED) is 0.610. The van der Waals surface area contributed by atoms with Crippen molar-refractivity contribution in [3.8, 4) is 0 Å². The Morgan fingerprint density at radius 2 is 1.91 bits per heavy atom. The van der Waals surface area contributed by atoms with Gasteiger partial charge in [0.05, 0.1) is 23.2 Å². The van der Waals surface area contributed by atoms with Gasteiger partial charge in [0.25, 0.3) is 11.5 Å². The molecule has 2 aliphatic rings. The monoisotopic (exact) mass is 471 g/mol. The van der Waals surface area contributed by atoms with E-state index in [1.54, 1.807) is 0 Å². The van der Waals surface area contributed by atoms with Crippen molar-refractivity contribution in [1.82, 2.24) is 14.9 Å². The van der Waals surface area contributed by atoms with Crippen LogP contribution in [0, 0.1) is 11.6 Å². The number of nitrogens with one attached hydrogen (secondary N) is 1. The summed E-state index contributed by atoms with van der Waals surface area (Å²) in [6, 6.07) is 10.8. The zero-order chi connectivity index (χ0) is 23.3. The maximum absolute atomic E-state index is 14.0. The summed E-state index contributed by atoms with van der Waals surface area (Å²) in [4.78, 5) is 34.6. The fraction of sp³-hybridized carbons (Fsp3) is 0.292. The lowest BCUT2D eigenvalue weighted by atomic mass is 9.94. The van der Waals surface area contributed by atoms with E-state index in [1.165, 1.54) is 11.0 Å². The molecule has 1 atom stereocenters. The number of aromatic nitrogens is 2. The van der Waals surface area contributed by atoms with Crippen molar-refractivity contribution in [2.75, 3.05) is 6.54 Å². The summed E-state index contributed by atoms with van der Waals surface area (Å²) in [5, 5.41) is 11.0. The number of aliphatic hydroxyl groups is 1. The largest absolute Gasteiger partial charge is 0.378 e. The van der Waals surface area contributed by atoms with E-state index in [-0.39, 0.29) is 24.1 Å². The highest BCUT2D eigenvalue weighted by Gasteiger charge is 2.48. The van der Waals surface area contributed by atoms with E-state index < -0.39 is 29.2 Å². The van der Waals surface area contributed by atoms with Crippen molar-refractivity contribution < 1.29 is 18.7 Å². The Kier molecular flexibility index (Phi) is 5.29. The Morgan fingerprint density at radius 3 is 2.61 bits per heavy atom. The molecule has 1 aliphatic heterocycles. The minimum atomic E-state index is -1.87. The summed E-state index contributed by atoms with van der Waals surface area (Å²) in [5.41, 5.74) is 0.826. The second kappa shape index (κ2) is 8.04. The molecule has 33 heavy (non-hydrogen) atoms. The van der Waals surface area contributed by atoms with Crippen LogP contribution in [0.3, 0.4) is 0 Å². The number of hydrogen-bond acceptors (Lipinski definition) is 4. The van der Waals surface area contributed by atoms with Crippen LogP contribution in [0.4, 0.5) is 8.78 Å². The molecule has 1 unspecified atom stereocenters. The highest BCUT2D eigenvalue weighted by atomic mass is 35.5. The Hall–Kier alpha value is -3.10. The molecule has 1 saturated carbocycles. The fourth-order valence-corrected chi connectivity index (χ4v) is 4.56. The van der Waals surface area contributed by atoms with Crippen LogP contribution in [0.2, 0.25) is 5.02 Å². The van der Waals surface area contributed by atoms with Crippen LogP contribution in [0.25, 0.3) is 0 Å². The number of halogens is 3. The second-order valence-corrected chi connectivity index (χ2v) is 8.92. The van der Waals surface area contributed by atoms with Crippen molar-refractivity contribution in [1.29, 1.82) is 0 Å². The summed E-state index contributed by atoms with van der Waals surface area (Å²) in [7, 11) is 0. The zero-order valence-electron chi connectivity index (χ0n) is 17.4. The first-order valence-electron chi connectivity index (χ1n) is 10.6. The van der Waals surface area contributed by atoms with Gasteiger partial charge in [-0.15, -0.1) is 0 Å². The Labute approximate surface area is 192 Å². The van der Waals surface area contributed by atoms with Gasteiger partial charge in [0, 0.05) is 23.6 Å². The number of nitrogens with zero attached hydrogens (tertiary/aromatic N) is 2. The van der Waals surface area contributed by atoms with Gasteiger partial charge in [-0.25, -0.2) is 13.8 Å². The number of H-pyrrole nitrogens is 1. The van der Waals surface area contributed by atoms with Crippen LogP contribution < -0.4 is 5.56 Å². The molecule has 170 valence electrons. The minimum Gasteiger partial charge on any atom is -0.378 e. The molecule has 2 heterocycles. The van der Waals surface area contributed by atoms with Gasteiger partial charge in [0.2, 0.25) is 0 Å². The maximum Gasteiger partial charge on any atom is 0.256 e. The van der Waals surface area contributed by atoms with Gasteiger partial charge < -0.3 is 15.0 Å². The fourth-order valence-electron chi connectivity index (χ4n) is 4.43. The Balaban J connectivity index is 1.40. The SMILES string of the molecule is O=C(C(O)c1cccc(F)c1F)N1CCc2nc(C3(c4ccc(Cl)cc4)CC3)[nH]c(=O)c2C1. The van der Waals surface area contributed by atoms with Crippen LogP contribution >= 0.6 is 11.6 Å². The molecular weight excluding hydrogens is 452 g/mol. The van der Waals surface area contributed by atoms with E-state index in [0.717, 1.165) is 30.5 Å². The summed E-state index contributed by atoms with van der Waals surface area (Å²) in [6.45, 7) is 0.127. The topological polar surface area (TPSA) is 86.3 Å². The van der Waals surface area contributed by atoms with Crippen molar-refractivity contribution in [3.63, 3.8) is 0 Å². The predicted octanol–water partition coefficient (Wildman–Crippen LogP) is 3.40. The lowest BCUT2D eigenvalue weighted by Crippen LogP contribution is -2.42. The number of aliphatic hydroxyl groups excluding tert-OH is 1. The van der Waals surface area contributed by atoms with E-state index in [0.29, 0.717) is 28.5 Å². The van der Waals surface area contributed by atoms with Crippen LogP contribution in [-0.4, -0.2) is 32.4 Å². The smallest absolute Gasteiger partial charge is 0.256 e. The molecule has 0 radical (unpaired) electrons. The molecule has 0 bridgehead atoms. The van der Waals surface area contributed by atoms with Crippen molar-refractivity contribution in [2.24, 2.45) is 0 Å². The maximum atomic E-state index is 14.0. The Morgan fingerprint density at radius 1 is 1.18 bits per heavy atom. The van der Waals surface area contributed by atoms with Gasteiger partial charge >= 0.3 is 0 Å². The van der Waals surface area contributed by atoms with Crippen LogP contribution in [0.15, 0.2) is 47.3 Å². The first-order chi connectivity index (χ1) is 15.8. The molecule has 0 saturated heterocycles. The third-order valence-electron chi connectivity index (χ3n) is 6.49. The van der Waals surface area contributed by atoms with E-state index >= 15 is 0 Å². The predicted molar refractivity (Wildman–Crippen MR) is 117 cm³/mol. The molecule has 1 aromatic heterocycles. The molecule has 1 aliphatic carbocycles. The molecule has 0 spiro atoms. The third kappa shape index (κ3) is 3.73. The number of aromatic amines is 1. The molecule has 5 rings (SSSR count). The highest BCUT2D eigenvalue weighted by molar-refractivity contribution is 6.30. The van der Waals surface area contributed by atoms with Crippen molar-refractivity contribution in [2.45, 2.75) is 37.3 Å². The van der Waals surface area contributed by atoms with Crippen LogP contribution in [-0.2, 0) is 23.2 Å². The lowest BCUT2D eigenvalue weighted by molar-refractivity contribution is -0.141. The molecule has 1 fully saturated rings. The number of hydrogen-bond donors (Lipinski definition) is 2. The third-order valence-corrected chi connectivity index (χ3v) is 6.74. The highest BCUT2D eigenvalue weighted by Crippen LogP contribution is 2.52. The Bertz CT molecular complexity index is 1310. The number of benzene rings is 2. The van der Waals surface area contributed by atoms with Crippen LogP contribution in [0.1, 0.15) is 47.2 Å². The molecule has 2 N–H and O–H groups in total. The second-order valence-electron chi connectivity index (χ2n) is 8.48.